The molecule has 30 heavy (non-hydrogen) atoms. The summed E-state index contributed by atoms with van der Waals surface area (Å²) in [6.07, 6.45) is 1.21. The maximum atomic E-state index is 14.6. The standard InChI is InChI=1S/C21H28BrF2NO5/c22-16-7-5-6-15(14-16)21(23,24)18(26)10-9-17-11-13-30-20(29)25(17)12-4-2-1-3-8-19(27)28/h5-7,14,17-18,26H,1-4,8-13H2,(H,27,28)/t17-,18?/m0/s1. The van der Waals surface area contributed by atoms with Crippen molar-refractivity contribution in [2.75, 3.05) is 13.2 Å². The number of hydrogen-bond acceptors (Lipinski definition) is 4. The second kappa shape index (κ2) is 11.6. The summed E-state index contributed by atoms with van der Waals surface area (Å²) >= 11 is 3.16. The van der Waals surface area contributed by atoms with Crippen molar-refractivity contribution in [3.63, 3.8) is 0 Å². The van der Waals surface area contributed by atoms with E-state index in [4.69, 9.17) is 9.84 Å². The van der Waals surface area contributed by atoms with Gasteiger partial charge in [-0.25, -0.2) is 4.79 Å². The number of ether oxygens (including phenoxy) is 1. The van der Waals surface area contributed by atoms with Crippen LogP contribution in [0, 0.1) is 0 Å². The number of halogens is 3. The lowest BCUT2D eigenvalue weighted by Crippen LogP contribution is -2.46. The summed E-state index contributed by atoms with van der Waals surface area (Å²) in [6.45, 7) is 0.658. The van der Waals surface area contributed by atoms with Crippen LogP contribution in [0.4, 0.5) is 13.6 Å². The van der Waals surface area contributed by atoms with Crippen molar-refractivity contribution in [3.05, 3.63) is 34.3 Å². The van der Waals surface area contributed by atoms with E-state index in [1.165, 1.54) is 18.2 Å². The van der Waals surface area contributed by atoms with Crippen LogP contribution in [0.25, 0.3) is 0 Å². The summed E-state index contributed by atoms with van der Waals surface area (Å²) in [7, 11) is 0. The largest absolute Gasteiger partial charge is 0.481 e. The van der Waals surface area contributed by atoms with Crippen molar-refractivity contribution in [1.82, 2.24) is 4.90 Å². The van der Waals surface area contributed by atoms with Gasteiger partial charge in [-0.3, -0.25) is 4.79 Å². The molecular formula is C21H28BrF2NO5. The molecule has 0 radical (unpaired) electrons. The molecule has 2 N–H and O–H groups in total. The molecule has 2 atom stereocenters. The molecule has 0 aromatic heterocycles. The van der Waals surface area contributed by atoms with Gasteiger partial charge in [0.15, 0.2) is 0 Å². The van der Waals surface area contributed by atoms with E-state index in [1.807, 2.05) is 0 Å². The lowest BCUT2D eigenvalue weighted by atomic mass is 9.96. The molecule has 1 amide bonds. The van der Waals surface area contributed by atoms with Crippen LogP contribution >= 0.6 is 15.9 Å². The molecule has 9 heteroatoms. The van der Waals surface area contributed by atoms with Crippen LogP contribution in [-0.2, 0) is 15.5 Å². The summed E-state index contributed by atoms with van der Waals surface area (Å²) in [5, 5.41) is 18.8. The van der Waals surface area contributed by atoms with E-state index in [2.05, 4.69) is 15.9 Å². The first-order valence-corrected chi connectivity index (χ1v) is 11.0. The molecule has 0 spiro atoms. The molecule has 1 saturated heterocycles. The molecule has 1 aromatic rings. The smallest absolute Gasteiger partial charge is 0.410 e. The van der Waals surface area contributed by atoms with Crippen LogP contribution in [0.15, 0.2) is 28.7 Å². The first-order chi connectivity index (χ1) is 14.2. The van der Waals surface area contributed by atoms with Gasteiger partial charge in [-0.1, -0.05) is 40.9 Å². The first-order valence-electron chi connectivity index (χ1n) is 10.2. The SMILES string of the molecule is O=C(O)CCCCCCN1C(=O)OCC[C@@H]1CCC(O)C(F)(F)c1cccc(Br)c1. The molecule has 1 unspecified atom stereocenters. The predicted octanol–water partition coefficient (Wildman–Crippen LogP) is 4.93. The van der Waals surface area contributed by atoms with Gasteiger partial charge >= 0.3 is 12.1 Å². The van der Waals surface area contributed by atoms with Crippen molar-refractivity contribution in [2.45, 2.75) is 69.4 Å². The van der Waals surface area contributed by atoms with Crippen molar-refractivity contribution < 1.29 is 33.3 Å². The number of carbonyl (C=O) groups excluding carboxylic acids is 1. The molecule has 2 rings (SSSR count). The number of hydrogen-bond donors (Lipinski definition) is 2. The van der Waals surface area contributed by atoms with Crippen molar-refractivity contribution in [2.24, 2.45) is 0 Å². The summed E-state index contributed by atoms with van der Waals surface area (Å²) in [4.78, 5) is 24.2. The van der Waals surface area contributed by atoms with E-state index in [-0.39, 0.29) is 37.5 Å². The van der Waals surface area contributed by atoms with Gasteiger partial charge in [-0.05, 0) is 37.8 Å². The zero-order chi connectivity index (χ0) is 22.1. The number of rotatable bonds is 12. The average Bonchev–Trinajstić information content (AvgIpc) is 2.69. The topological polar surface area (TPSA) is 87.1 Å². The van der Waals surface area contributed by atoms with E-state index < -0.39 is 24.1 Å². The number of carboxylic acids is 1. The Morgan fingerprint density at radius 1 is 1.30 bits per heavy atom. The van der Waals surface area contributed by atoms with E-state index in [1.54, 1.807) is 11.0 Å². The van der Waals surface area contributed by atoms with E-state index in [0.717, 1.165) is 12.8 Å². The molecule has 1 fully saturated rings. The van der Waals surface area contributed by atoms with Gasteiger partial charge in [0.05, 0.1) is 6.61 Å². The first kappa shape index (κ1) is 24.5. The second-order valence-corrected chi connectivity index (χ2v) is 8.45. The number of alkyl halides is 2. The molecule has 1 aliphatic rings. The van der Waals surface area contributed by atoms with Crippen LogP contribution in [0.5, 0.6) is 0 Å². The number of unbranched alkanes of at least 4 members (excludes halogenated alkanes) is 3. The third-order valence-electron chi connectivity index (χ3n) is 5.29. The zero-order valence-corrected chi connectivity index (χ0v) is 18.3. The average molecular weight is 492 g/mol. The number of amides is 1. The Kier molecular flexibility index (Phi) is 9.48. The number of aliphatic carboxylic acids is 1. The minimum absolute atomic E-state index is 0.123. The molecule has 0 aliphatic carbocycles. The van der Waals surface area contributed by atoms with Gasteiger partial charge in [0, 0.05) is 35.5 Å². The molecule has 6 nitrogen and oxygen atoms in total. The molecule has 0 bridgehead atoms. The van der Waals surface area contributed by atoms with Crippen LogP contribution < -0.4 is 0 Å². The maximum Gasteiger partial charge on any atom is 0.410 e. The Morgan fingerprint density at radius 2 is 2.03 bits per heavy atom. The Labute approximate surface area is 183 Å². The fourth-order valence-electron chi connectivity index (χ4n) is 3.58. The van der Waals surface area contributed by atoms with Gasteiger partial charge in [0.2, 0.25) is 0 Å². The molecule has 168 valence electrons. The van der Waals surface area contributed by atoms with Crippen molar-refractivity contribution >= 4 is 28.0 Å². The highest BCUT2D eigenvalue weighted by molar-refractivity contribution is 9.10. The molecule has 1 aliphatic heterocycles. The summed E-state index contributed by atoms with van der Waals surface area (Å²) < 4.78 is 34.8. The fourth-order valence-corrected chi connectivity index (χ4v) is 3.98. The minimum Gasteiger partial charge on any atom is -0.481 e. The van der Waals surface area contributed by atoms with E-state index >= 15 is 0 Å². The Balaban J connectivity index is 1.86. The quantitative estimate of drug-likeness (QED) is 0.404. The van der Waals surface area contributed by atoms with Gasteiger partial charge in [0.1, 0.15) is 6.10 Å². The third kappa shape index (κ3) is 7.19. The van der Waals surface area contributed by atoms with E-state index in [0.29, 0.717) is 30.3 Å². The van der Waals surface area contributed by atoms with Crippen molar-refractivity contribution in [3.8, 4) is 0 Å². The normalized spacial score (nSPS) is 18.2. The monoisotopic (exact) mass is 491 g/mol. The highest BCUT2D eigenvalue weighted by Gasteiger charge is 2.41. The zero-order valence-electron chi connectivity index (χ0n) is 16.7. The van der Waals surface area contributed by atoms with Crippen LogP contribution in [-0.4, -0.2) is 52.5 Å². The number of aliphatic hydroxyl groups is 1. The van der Waals surface area contributed by atoms with Gasteiger partial charge in [-0.15, -0.1) is 0 Å². The Bertz CT molecular complexity index is 718. The van der Waals surface area contributed by atoms with Crippen LogP contribution in [0.2, 0.25) is 0 Å². The molecule has 1 heterocycles. The van der Waals surface area contributed by atoms with Gasteiger partial charge < -0.3 is 19.8 Å². The van der Waals surface area contributed by atoms with E-state index in [9.17, 15) is 23.5 Å². The Hall–Kier alpha value is -1.74. The molecule has 0 saturated carbocycles. The van der Waals surface area contributed by atoms with Crippen LogP contribution in [0.3, 0.4) is 0 Å². The lowest BCUT2D eigenvalue weighted by molar-refractivity contribution is -0.137. The summed E-state index contributed by atoms with van der Waals surface area (Å²) in [5.41, 5.74) is -0.259. The summed E-state index contributed by atoms with van der Waals surface area (Å²) in [5.74, 6) is -4.22. The maximum absolute atomic E-state index is 14.6. The predicted molar refractivity (Wildman–Crippen MR) is 110 cm³/mol. The summed E-state index contributed by atoms with van der Waals surface area (Å²) in [6, 6.07) is 5.44. The van der Waals surface area contributed by atoms with Crippen LogP contribution in [0.1, 0.15) is 56.9 Å². The highest BCUT2D eigenvalue weighted by atomic mass is 79.9. The number of benzene rings is 1. The number of carboxylic acid groups (broad SMARTS) is 1. The number of cyclic esters (lactones) is 1. The van der Waals surface area contributed by atoms with Gasteiger partial charge in [0.25, 0.3) is 5.92 Å². The number of aliphatic hydroxyl groups excluding tert-OH is 1. The number of carbonyl (C=O) groups is 2. The highest BCUT2D eigenvalue weighted by Crippen LogP contribution is 2.35. The Morgan fingerprint density at radius 3 is 2.73 bits per heavy atom. The van der Waals surface area contributed by atoms with Crippen molar-refractivity contribution in [1.29, 1.82) is 0 Å². The fraction of sp³-hybridized carbons (Fsp3) is 0.619. The second-order valence-electron chi connectivity index (χ2n) is 7.53. The van der Waals surface area contributed by atoms with Gasteiger partial charge in [-0.2, -0.15) is 8.78 Å². The lowest BCUT2D eigenvalue weighted by Gasteiger charge is -2.36. The third-order valence-corrected chi connectivity index (χ3v) is 5.79. The molecular weight excluding hydrogens is 464 g/mol. The minimum atomic E-state index is -3.39. The number of nitrogens with zero attached hydrogens (tertiary/aromatic N) is 1. The molecule has 1 aromatic carbocycles.